The summed E-state index contributed by atoms with van der Waals surface area (Å²) < 4.78 is 30.2. The molecule has 2 saturated heterocycles. The SMILES string of the molecule is COC(=O)/C=C/c1cc(F)ccc1Oc1cncnc1N1CCC2(CCN(C(=O)OC(C)(C)C)C2)C1. The van der Waals surface area contributed by atoms with Gasteiger partial charge in [0.25, 0.3) is 0 Å². The molecule has 2 aliphatic heterocycles. The summed E-state index contributed by atoms with van der Waals surface area (Å²) in [5.74, 6) is 0.348. The first-order valence-corrected chi connectivity index (χ1v) is 11.8. The maximum absolute atomic E-state index is 13.9. The standard InChI is InChI=1S/C26H31FN4O5/c1-25(2,3)36-24(33)31-12-10-26(16-31)9-11-30(15-26)23-21(14-28-17-29-23)35-20-7-6-19(27)13-18(20)5-8-22(32)34-4/h5-8,13-14,17H,9-12,15-16H2,1-4H3/b8-5+. The Morgan fingerprint density at radius 1 is 1.14 bits per heavy atom. The number of rotatable bonds is 5. The molecule has 192 valence electrons. The fraction of sp³-hybridized carbons (Fsp3) is 0.462. The molecule has 4 rings (SSSR count). The Labute approximate surface area is 209 Å². The van der Waals surface area contributed by atoms with Crippen molar-refractivity contribution in [2.45, 2.75) is 39.2 Å². The van der Waals surface area contributed by atoms with Crippen LogP contribution in [0.25, 0.3) is 6.08 Å². The fourth-order valence-electron chi connectivity index (χ4n) is 4.57. The average molecular weight is 499 g/mol. The number of aromatic nitrogens is 2. The van der Waals surface area contributed by atoms with Crippen molar-refractivity contribution in [3.63, 3.8) is 0 Å². The Balaban J connectivity index is 1.50. The van der Waals surface area contributed by atoms with Gasteiger partial charge in [-0.05, 0) is 57.9 Å². The van der Waals surface area contributed by atoms with E-state index in [1.807, 2.05) is 20.8 Å². The Morgan fingerprint density at radius 2 is 1.92 bits per heavy atom. The highest BCUT2D eigenvalue weighted by Crippen LogP contribution is 2.43. The van der Waals surface area contributed by atoms with Crippen LogP contribution in [0.5, 0.6) is 11.5 Å². The Hall–Kier alpha value is -3.69. The zero-order chi connectivity index (χ0) is 25.9. The van der Waals surface area contributed by atoms with E-state index in [4.69, 9.17) is 9.47 Å². The van der Waals surface area contributed by atoms with Crippen LogP contribution in [0.4, 0.5) is 15.0 Å². The predicted molar refractivity (Wildman–Crippen MR) is 131 cm³/mol. The Morgan fingerprint density at radius 3 is 2.67 bits per heavy atom. The zero-order valence-electron chi connectivity index (χ0n) is 21.0. The second kappa shape index (κ2) is 10.1. The lowest BCUT2D eigenvalue weighted by Gasteiger charge is -2.27. The van der Waals surface area contributed by atoms with E-state index in [9.17, 15) is 14.0 Å². The van der Waals surface area contributed by atoms with Gasteiger partial charge in [-0.3, -0.25) is 0 Å². The smallest absolute Gasteiger partial charge is 0.410 e. The molecule has 1 spiro atoms. The molecule has 0 saturated carbocycles. The molecule has 9 nitrogen and oxygen atoms in total. The minimum absolute atomic E-state index is 0.0522. The maximum atomic E-state index is 13.9. The van der Waals surface area contributed by atoms with Gasteiger partial charge in [-0.25, -0.2) is 23.9 Å². The highest BCUT2D eigenvalue weighted by atomic mass is 19.1. The number of esters is 1. The van der Waals surface area contributed by atoms with Gasteiger partial charge in [-0.15, -0.1) is 0 Å². The van der Waals surface area contributed by atoms with E-state index in [2.05, 4.69) is 19.6 Å². The molecule has 0 radical (unpaired) electrons. The van der Waals surface area contributed by atoms with Gasteiger partial charge in [-0.2, -0.15) is 0 Å². The largest absolute Gasteiger partial charge is 0.466 e. The molecule has 1 unspecified atom stereocenters. The summed E-state index contributed by atoms with van der Waals surface area (Å²) in [6.45, 7) is 8.32. The second-order valence-electron chi connectivity index (χ2n) is 10.2. The number of anilines is 1. The summed E-state index contributed by atoms with van der Waals surface area (Å²) in [5, 5.41) is 0. The molecule has 0 N–H and O–H groups in total. The minimum atomic E-state index is -0.562. The quantitative estimate of drug-likeness (QED) is 0.441. The molecule has 36 heavy (non-hydrogen) atoms. The molecule has 0 aliphatic carbocycles. The normalized spacial score (nSPS) is 19.8. The minimum Gasteiger partial charge on any atom is -0.466 e. The fourth-order valence-corrected chi connectivity index (χ4v) is 4.57. The highest BCUT2D eigenvalue weighted by molar-refractivity contribution is 5.87. The van der Waals surface area contributed by atoms with Crippen molar-refractivity contribution in [3.05, 3.63) is 48.2 Å². The van der Waals surface area contributed by atoms with Gasteiger partial charge in [0.2, 0.25) is 0 Å². The van der Waals surface area contributed by atoms with Gasteiger partial charge in [0, 0.05) is 43.2 Å². The van der Waals surface area contributed by atoms with Crippen LogP contribution in [0.1, 0.15) is 39.2 Å². The number of carbonyl (C=O) groups is 2. The number of halogens is 1. The van der Waals surface area contributed by atoms with Crippen molar-refractivity contribution in [3.8, 4) is 11.5 Å². The van der Waals surface area contributed by atoms with Crippen molar-refractivity contribution < 1.29 is 28.2 Å². The summed E-state index contributed by atoms with van der Waals surface area (Å²) in [4.78, 5) is 36.6. The summed E-state index contributed by atoms with van der Waals surface area (Å²) in [6.07, 6.45) is 7.15. The number of ether oxygens (including phenoxy) is 3. The third-order valence-corrected chi connectivity index (χ3v) is 6.28. The first-order chi connectivity index (χ1) is 17.1. The van der Waals surface area contributed by atoms with Crippen molar-refractivity contribution >= 4 is 24.0 Å². The van der Waals surface area contributed by atoms with E-state index >= 15 is 0 Å². The van der Waals surface area contributed by atoms with E-state index in [1.165, 1.54) is 43.8 Å². The second-order valence-corrected chi connectivity index (χ2v) is 10.2. The first-order valence-electron chi connectivity index (χ1n) is 11.8. The number of hydrogen-bond acceptors (Lipinski definition) is 8. The summed E-state index contributed by atoms with van der Waals surface area (Å²) in [7, 11) is 1.27. The lowest BCUT2D eigenvalue weighted by atomic mass is 9.86. The van der Waals surface area contributed by atoms with Crippen molar-refractivity contribution in [1.82, 2.24) is 14.9 Å². The Bertz CT molecular complexity index is 1170. The van der Waals surface area contributed by atoms with E-state index in [-0.39, 0.29) is 11.5 Å². The summed E-state index contributed by atoms with van der Waals surface area (Å²) in [5.41, 5.74) is -0.215. The maximum Gasteiger partial charge on any atom is 0.410 e. The van der Waals surface area contributed by atoms with Gasteiger partial charge >= 0.3 is 12.1 Å². The number of carbonyl (C=O) groups excluding carboxylic acids is 2. The van der Waals surface area contributed by atoms with Crippen molar-refractivity contribution in [2.24, 2.45) is 5.41 Å². The van der Waals surface area contributed by atoms with Gasteiger partial charge < -0.3 is 24.0 Å². The van der Waals surface area contributed by atoms with Crippen molar-refractivity contribution in [2.75, 3.05) is 38.2 Å². The molecule has 1 aromatic carbocycles. The summed E-state index contributed by atoms with van der Waals surface area (Å²) >= 11 is 0. The summed E-state index contributed by atoms with van der Waals surface area (Å²) in [6, 6.07) is 4.04. The molecule has 10 heteroatoms. The van der Waals surface area contributed by atoms with Crippen LogP contribution >= 0.6 is 0 Å². The number of methoxy groups -OCH3 is 1. The number of benzene rings is 1. The lowest BCUT2D eigenvalue weighted by Crippen LogP contribution is -2.37. The van der Waals surface area contributed by atoms with E-state index in [0.29, 0.717) is 42.5 Å². The van der Waals surface area contributed by atoms with Crippen LogP contribution < -0.4 is 9.64 Å². The van der Waals surface area contributed by atoms with E-state index in [0.717, 1.165) is 19.4 Å². The molecule has 2 aromatic rings. The molecule has 2 aliphatic rings. The molecular weight excluding hydrogens is 467 g/mol. The lowest BCUT2D eigenvalue weighted by molar-refractivity contribution is -0.134. The van der Waals surface area contributed by atoms with Crippen LogP contribution in [0.3, 0.4) is 0 Å². The van der Waals surface area contributed by atoms with Crippen LogP contribution in [0.15, 0.2) is 36.8 Å². The van der Waals surface area contributed by atoms with Crippen LogP contribution in [-0.4, -0.2) is 65.8 Å². The molecule has 3 heterocycles. The van der Waals surface area contributed by atoms with Gasteiger partial charge in [-0.1, -0.05) is 0 Å². The monoisotopic (exact) mass is 498 g/mol. The average Bonchev–Trinajstić information content (AvgIpc) is 3.45. The molecular formula is C26H31FN4O5. The number of amides is 1. The molecule has 2 fully saturated rings. The van der Waals surface area contributed by atoms with E-state index in [1.54, 1.807) is 11.1 Å². The number of nitrogens with zero attached hydrogens (tertiary/aromatic N) is 4. The van der Waals surface area contributed by atoms with Crippen LogP contribution in [0, 0.1) is 11.2 Å². The van der Waals surface area contributed by atoms with Crippen molar-refractivity contribution in [1.29, 1.82) is 0 Å². The third-order valence-electron chi connectivity index (χ3n) is 6.28. The zero-order valence-corrected chi connectivity index (χ0v) is 21.0. The van der Waals surface area contributed by atoms with Crippen LogP contribution in [0.2, 0.25) is 0 Å². The molecule has 1 aromatic heterocycles. The Kier molecular flexibility index (Phi) is 7.14. The third kappa shape index (κ3) is 5.92. The number of hydrogen-bond donors (Lipinski definition) is 0. The topological polar surface area (TPSA) is 94.1 Å². The predicted octanol–water partition coefficient (Wildman–Crippen LogP) is 4.43. The number of likely N-dealkylation sites (tertiary alicyclic amines) is 1. The van der Waals surface area contributed by atoms with Crippen LogP contribution in [-0.2, 0) is 14.3 Å². The molecule has 1 amide bonds. The first kappa shape index (κ1) is 25.4. The molecule has 1 atom stereocenters. The highest BCUT2D eigenvalue weighted by Gasteiger charge is 2.46. The van der Waals surface area contributed by atoms with Gasteiger partial charge in [0.05, 0.1) is 13.3 Å². The van der Waals surface area contributed by atoms with Gasteiger partial charge in [0.1, 0.15) is 23.5 Å². The molecule has 0 bridgehead atoms. The van der Waals surface area contributed by atoms with Gasteiger partial charge in [0.15, 0.2) is 11.6 Å². The van der Waals surface area contributed by atoms with E-state index < -0.39 is 17.4 Å².